The van der Waals surface area contributed by atoms with E-state index < -0.39 is 5.92 Å². The van der Waals surface area contributed by atoms with Crippen LogP contribution in [0.5, 0.6) is 0 Å². The van der Waals surface area contributed by atoms with Gasteiger partial charge in [-0.3, -0.25) is 9.78 Å². The number of carbonyl (C=O) groups excluding carboxylic acids is 2. The number of hydrogen-bond donors (Lipinski definition) is 1. The van der Waals surface area contributed by atoms with E-state index in [1.165, 1.54) is 0 Å². The fourth-order valence-electron chi connectivity index (χ4n) is 3.57. The second-order valence-corrected chi connectivity index (χ2v) is 7.43. The van der Waals surface area contributed by atoms with Gasteiger partial charge in [0.2, 0.25) is 0 Å². The fourth-order valence-corrected chi connectivity index (χ4v) is 3.57. The Morgan fingerprint density at radius 1 is 1.03 bits per heavy atom. The Bertz CT molecular complexity index is 1060. The van der Waals surface area contributed by atoms with Crippen LogP contribution >= 0.6 is 0 Å². The molecule has 150 valence electrons. The summed E-state index contributed by atoms with van der Waals surface area (Å²) in [6, 6.07) is 22.6. The van der Waals surface area contributed by atoms with Gasteiger partial charge in [-0.05, 0) is 42.8 Å². The molecular formula is C25H23N3O2. The molecule has 0 radical (unpaired) electrons. The monoisotopic (exact) mass is 397 g/mol. The van der Waals surface area contributed by atoms with E-state index in [0.29, 0.717) is 17.8 Å². The Kier molecular flexibility index (Phi) is 5.70. The summed E-state index contributed by atoms with van der Waals surface area (Å²) in [6.07, 6.45) is 3.47. The summed E-state index contributed by atoms with van der Waals surface area (Å²) in [5.41, 5.74) is 4.04. The summed E-state index contributed by atoms with van der Waals surface area (Å²) in [7, 11) is 0. The molecule has 2 amide bonds. The minimum atomic E-state index is -0.404. The van der Waals surface area contributed by atoms with E-state index in [9.17, 15) is 9.59 Å². The van der Waals surface area contributed by atoms with Gasteiger partial charge in [-0.1, -0.05) is 54.1 Å². The molecule has 5 heteroatoms. The van der Waals surface area contributed by atoms with E-state index in [0.717, 1.165) is 16.8 Å². The van der Waals surface area contributed by atoms with Gasteiger partial charge in [0.1, 0.15) is 0 Å². The maximum atomic E-state index is 13.2. The van der Waals surface area contributed by atoms with E-state index in [2.05, 4.69) is 10.3 Å². The Labute approximate surface area is 176 Å². The Hall–Kier alpha value is -3.73. The van der Waals surface area contributed by atoms with Crippen LogP contribution in [0, 0.1) is 6.92 Å². The summed E-state index contributed by atoms with van der Waals surface area (Å²) in [5.74, 6) is -0.370. The van der Waals surface area contributed by atoms with Crippen LogP contribution in [0.25, 0.3) is 6.08 Å². The van der Waals surface area contributed by atoms with Crippen molar-refractivity contribution < 1.29 is 9.59 Å². The lowest BCUT2D eigenvalue weighted by Gasteiger charge is -2.33. The van der Waals surface area contributed by atoms with Crippen molar-refractivity contribution >= 4 is 23.6 Å². The van der Waals surface area contributed by atoms with E-state index >= 15 is 0 Å². The van der Waals surface area contributed by atoms with Crippen molar-refractivity contribution in [2.75, 3.05) is 18.4 Å². The molecule has 1 atom stereocenters. The molecule has 1 unspecified atom stereocenters. The molecular weight excluding hydrogens is 374 g/mol. The maximum absolute atomic E-state index is 13.2. The number of aromatic nitrogens is 1. The number of likely N-dealkylation sites (tertiary alicyclic amines) is 1. The lowest BCUT2D eigenvalue weighted by Crippen LogP contribution is -2.46. The number of aryl methyl sites for hydroxylation is 1. The normalized spacial score (nSPS) is 17.8. The number of nitrogens with zero attached hydrogens (tertiary/aromatic N) is 2. The predicted octanol–water partition coefficient (Wildman–Crippen LogP) is 4.67. The van der Waals surface area contributed by atoms with Crippen LogP contribution in [0.1, 0.15) is 22.7 Å². The molecule has 1 aliphatic rings. The van der Waals surface area contributed by atoms with Crippen molar-refractivity contribution in [1.82, 2.24) is 9.88 Å². The topological polar surface area (TPSA) is 62.3 Å². The standard InChI is InChI=1S/C25H23N3O2/c1-18-10-12-21(13-11-18)27-25(30)28-16-20(15-22-9-5-6-14-26-22)24(29)23(17-28)19-7-3-2-4-8-19/h2-15,23H,16-17H2,1H3,(H,27,30). The fraction of sp³-hybridized carbons (Fsp3) is 0.160. The number of ketones is 1. The van der Waals surface area contributed by atoms with Crippen molar-refractivity contribution in [2.24, 2.45) is 0 Å². The van der Waals surface area contributed by atoms with Gasteiger partial charge in [-0.15, -0.1) is 0 Å². The number of carbonyl (C=O) groups is 2. The van der Waals surface area contributed by atoms with Gasteiger partial charge < -0.3 is 10.2 Å². The Morgan fingerprint density at radius 3 is 2.47 bits per heavy atom. The third-order valence-electron chi connectivity index (χ3n) is 5.20. The summed E-state index contributed by atoms with van der Waals surface area (Å²) < 4.78 is 0. The maximum Gasteiger partial charge on any atom is 0.322 e. The molecule has 1 aliphatic heterocycles. The molecule has 30 heavy (non-hydrogen) atoms. The number of urea groups is 1. The average Bonchev–Trinajstić information content (AvgIpc) is 2.78. The first kappa shape index (κ1) is 19.6. The number of hydrogen-bond acceptors (Lipinski definition) is 3. The molecule has 3 aromatic rings. The summed E-state index contributed by atoms with van der Waals surface area (Å²) in [5, 5.41) is 2.94. The highest BCUT2D eigenvalue weighted by atomic mass is 16.2. The average molecular weight is 397 g/mol. The Balaban J connectivity index is 1.63. The highest BCUT2D eigenvalue weighted by Gasteiger charge is 2.34. The molecule has 1 saturated heterocycles. The summed E-state index contributed by atoms with van der Waals surface area (Å²) in [6.45, 7) is 2.58. The first-order chi connectivity index (χ1) is 14.6. The third kappa shape index (κ3) is 4.46. The van der Waals surface area contributed by atoms with Gasteiger partial charge in [-0.2, -0.15) is 0 Å². The lowest BCUT2D eigenvalue weighted by molar-refractivity contribution is -0.118. The minimum absolute atomic E-state index is 0.0336. The molecule has 0 saturated carbocycles. The number of benzene rings is 2. The highest BCUT2D eigenvalue weighted by molar-refractivity contribution is 6.06. The highest BCUT2D eigenvalue weighted by Crippen LogP contribution is 2.28. The number of Topliss-reactive ketones (excluding diaryl/α,β-unsaturated/α-hetero) is 1. The SMILES string of the molecule is Cc1ccc(NC(=O)N2CC(=Cc3ccccn3)C(=O)C(c3ccccc3)C2)cc1. The minimum Gasteiger partial charge on any atom is -0.319 e. The zero-order chi connectivity index (χ0) is 20.9. The van der Waals surface area contributed by atoms with Crippen LogP contribution in [0.4, 0.5) is 10.5 Å². The quantitative estimate of drug-likeness (QED) is 0.653. The zero-order valence-corrected chi connectivity index (χ0v) is 16.8. The van der Waals surface area contributed by atoms with Gasteiger partial charge in [0.15, 0.2) is 5.78 Å². The van der Waals surface area contributed by atoms with Crippen LogP contribution in [0.2, 0.25) is 0 Å². The molecule has 2 heterocycles. The van der Waals surface area contributed by atoms with Gasteiger partial charge in [0, 0.05) is 24.0 Å². The van der Waals surface area contributed by atoms with Crippen molar-refractivity contribution in [2.45, 2.75) is 12.8 Å². The summed E-state index contributed by atoms with van der Waals surface area (Å²) >= 11 is 0. The van der Waals surface area contributed by atoms with Crippen molar-refractivity contribution in [3.05, 3.63) is 101 Å². The first-order valence-corrected chi connectivity index (χ1v) is 9.93. The molecule has 5 nitrogen and oxygen atoms in total. The number of pyridine rings is 1. The first-order valence-electron chi connectivity index (χ1n) is 9.93. The van der Waals surface area contributed by atoms with E-state index in [-0.39, 0.29) is 18.4 Å². The number of nitrogens with one attached hydrogen (secondary N) is 1. The predicted molar refractivity (Wildman–Crippen MR) is 118 cm³/mol. The molecule has 2 aromatic carbocycles. The van der Waals surface area contributed by atoms with E-state index in [1.54, 1.807) is 17.2 Å². The number of rotatable bonds is 3. The van der Waals surface area contributed by atoms with Crippen molar-refractivity contribution in [3.8, 4) is 0 Å². The zero-order valence-electron chi connectivity index (χ0n) is 16.8. The summed E-state index contributed by atoms with van der Waals surface area (Å²) in [4.78, 5) is 32.2. The van der Waals surface area contributed by atoms with Crippen molar-refractivity contribution in [3.63, 3.8) is 0 Å². The smallest absolute Gasteiger partial charge is 0.319 e. The van der Waals surface area contributed by atoms with E-state index in [1.807, 2.05) is 79.7 Å². The largest absolute Gasteiger partial charge is 0.322 e. The van der Waals surface area contributed by atoms with Crippen LogP contribution in [0.3, 0.4) is 0 Å². The molecule has 0 spiro atoms. The van der Waals surface area contributed by atoms with E-state index in [4.69, 9.17) is 0 Å². The second kappa shape index (κ2) is 8.74. The third-order valence-corrected chi connectivity index (χ3v) is 5.20. The number of piperidine rings is 1. The van der Waals surface area contributed by atoms with Crippen LogP contribution in [-0.4, -0.2) is 34.8 Å². The van der Waals surface area contributed by atoms with Crippen LogP contribution < -0.4 is 5.32 Å². The molecule has 1 N–H and O–H groups in total. The molecule has 0 bridgehead atoms. The van der Waals surface area contributed by atoms with Gasteiger partial charge in [0.25, 0.3) is 0 Å². The number of amides is 2. The molecule has 0 aliphatic carbocycles. The van der Waals surface area contributed by atoms with Crippen LogP contribution in [-0.2, 0) is 4.79 Å². The lowest BCUT2D eigenvalue weighted by atomic mass is 9.86. The van der Waals surface area contributed by atoms with Crippen LogP contribution in [0.15, 0.2) is 84.6 Å². The second-order valence-electron chi connectivity index (χ2n) is 7.43. The Morgan fingerprint density at radius 2 is 1.77 bits per heavy atom. The molecule has 1 aromatic heterocycles. The van der Waals surface area contributed by atoms with Gasteiger partial charge in [-0.25, -0.2) is 4.79 Å². The van der Waals surface area contributed by atoms with Crippen molar-refractivity contribution in [1.29, 1.82) is 0 Å². The molecule has 4 rings (SSSR count). The number of anilines is 1. The van der Waals surface area contributed by atoms with Gasteiger partial charge in [0.05, 0.1) is 18.2 Å². The van der Waals surface area contributed by atoms with Gasteiger partial charge >= 0.3 is 6.03 Å². The molecule has 1 fully saturated rings.